The maximum atomic E-state index is 10.6. The second kappa shape index (κ2) is 4.49. The van der Waals surface area contributed by atoms with Gasteiger partial charge in [-0.25, -0.2) is 0 Å². The number of fused-ring (bicyclic) bond motifs is 1. The van der Waals surface area contributed by atoms with Crippen molar-refractivity contribution in [2.45, 2.75) is 19.8 Å². The molecule has 1 aromatic heterocycles. The third kappa shape index (κ3) is 2.25. The Kier molecular flexibility index (Phi) is 3.04. The van der Waals surface area contributed by atoms with Crippen LogP contribution >= 0.6 is 0 Å². The molecule has 0 saturated carbocycles. The third-order valence-electron chi connectivity index (χ3n) is 2.69. The maximum Gasteiger partial charge on any atom is 0.303 e. The Morgan fingerprint density at radius 1 is 1.47 bits per heavy atom. The molecule has 90 valence electrons. The summed E-state index contributed by atoms with van der Waals surface area (Å²) in [6.45, 7) is 1.86. The number of methoxy groups -OCH3 is 1. The minimum Gasteiger partial charge on any atom is -0.493 e. The highest BCUT2D eigenvalue weighted by Gasteiger charge is 2.12. The van der Waals surface area contributed by atoms with Crippen LogP contribution in [0.3, 0.4) is 0 Å². The number of benzene rings is 1. The van der Waals surface area contributed by atoms with Gasteiger partial charge < -0.3 is 14.3 Å². The Labute approximate surface area is 98.8 Å². The SMILES string of the molecule is COc1ccc(CCC(=O)O)c2cc(C)oc12. The van der Waals surface area contributed by atoms with Gasteiger partial charge in [-0.05, 0) is 31.0 Å². The average Bonchev–Trinajstić information content (AvgIpc) is 2.67. The molecule has 1 heterocycles. The summed E-state index contributed by atoms with van der Waals surface area (Å²) in [6.07, 6.45) is 0.612. The van der Waals surface area contributed by atoms with Gasteiger partial charge in [-0.15, -0.1) is 0 Å². The standard InChI is InChI=1S/C13H14O4/c1-8-7-10-9(4-6-12(14)15)3-5-11(16-2)13(10)17-8/h3,5,7H,4,6H2,1-2H3,(H,14,15). The maximum absolute atomic E-state index is 10.6. The molecule has 1 aromatic carbocycles. The van der Waals surface area contributed by atoms with E-state index in [4.69, 9.17) is 14.3 Å². The molecule has 0 aliphatic rings. The van der Waals surface area contributed by atoms with Crippen molar-refractivity contribution in [2.75, 3.05) is 7.11 Å². The fourth-order valence-corrected chi connectivity index (χ4v) is 1.90. The molecule has 0 atom stereocenters. The van der Waals surface area contributed by atoms with E-state index in [1.54, 1.807) is 7.11 Å². The smallest absolute Gasteiger partial charge is 0.303 e. The topological polar surface area (TPSA) is 59.7 Å². The zero-order valence-corrected chi connectivity index (χ0v) is 9.82. The highest BCUT2D eigenvalue weighted by molar-refractivity contribution is 5.87. The minimum absolute atomic E-state index is 0.117. The van der Waals surface area contributed by atoms with Crippen molar-refractivity contribution >= 4 is 16.9 Å². The van der Waals surface area contributed by atoms with Crippen molar-refractivity contribution in [3.8, 4) is 5.75 Å². The lowest BCUT2D eigenvalue weighted by Gasteiger charge is -2.04. The number of carbonyl (C=O) groups is 1. The molecule has 0 aliphatic carbocycles. The number of ether oxygens (including phenoxy) is 1. The number of hydrogen-bond acceptors (Lipinski definition) is 3. The summed E-state index contributed by atoms with van der Waals surface area (Å²) in [6, 6.07) is 5.61. The van der Waals surface area contributed by atoms with Gasteiger partial charge in [0.1, 0.15) is 5.76 Å². The first-order valence-corrected chi connectivity index (χ1v) is 5.39. The minimum atomic E-state index is -0.797. The number of carboxylic acid groups (broad SMARTS) is 1. The van der Waals surface area contributed by atoms with E-state index in [0.717, 1.165) is 16.7 Å². The molecule has 4 nitrogen and oxygen atoms in total. The lowest BCUT2D eigenvalue weighted by molar-refractivity contribution is -0.136. The van der Waals surface area contributed by atoms with Gasteiger partial charge in [0.2, 0.25) is 0 Å². The molecular weight excluding hydrogens is 220 g/mol. The molecule has 0 aliphatic heterocycles. The van der Waals surface area contributed by atoms with Gasteiger partial charge in [-0.2, -0.15) is 0 Å². The molecular formula is C13H14O4. The number of aryl methyl sites for hydroxylation is 2. The number of rotatable bonds is 4. The number of hydrogen-bond donors (Lipinski definition) is 1. The van der Waals surface area contributed by atoms with Crippen LogP contribution in [-0.2, 0) is 11.2 Å². The molecule has 0 fully saturated rings. The van der Waals surface area contributed by atoms with Crippen molar-refractivity contribution in [2.24, 2.45) is 0 Å². The van der Waals surface area contributed by atoms with Crippen LogP contribution in [0, 0.1) is 6.92 Å². The summed E-state index contributed by atoms with van der Waals surface area (Å²) in [4.78, 5) is 10.6. The van der Waals surface area contributed by atoms with Crippen LogP contribution in [0.15, 0.2) is 22.6 Å². The summed E-state index contributed by atoms with van der Waals surface area (Å²) >= 11 is 0. The third-order valence-corrected chi connectivity index (χ3v) is 2.69. The van der Waals surface area contributed by atoms with Crippen molar-refractivity contribution in [3.63, 3.8) is 0 Å². The highest BCUT2D eigenvalue weighted by atomic mass is 16.5. The molecule has 0 unspecified atom stereocenters. The van der Waals surface area contributed by atoms with E-state index in [0.29, 0.717) is 17.8 Å². The first kappa shape index (κ1) is 11.5. The monoisotopic (exact) mass is 234 g/mol. The van der Waals surface area contributed by atoms with Crippen molar-refractivity contribution < 1.29 is 19.1 Å². The van der Waals surface area contributed by atoms with E-state index in [-0.39, 0.29) is 6.42 Å². The molecule has 0 bridgehead atoms. The Morgan fingerprint density at radius 3 is 2.88 bits per heavy atom. The Morgan fingerprint density at radius 2 is 2.24 bits per heavy atom. The van der Waals surface area contributed by atoms with Gasteiger partial charge in [0.05, 0.1) is 7.11 Å². The fourth-order valence-electron chi connectivity index (χ4n) is 1.90. The summed E-state index contributed by atoms with van der Waals surface area (Å²) in [5, 5.41) is 9.64. The predicted octanol–water partition coefficient (Wildman–Crippen LogP) is 2.77. The Hall–Kier alpha value is -1.97. The quantitative estimate of drug-likeness (QED) is 0.883. The van der Waals surface area contributed by atoms with Gasteiger partial charge in [0.25, 0.3) is 0 Å². The lowest BCUT2D eigenvalue weighted by Crippen LogP contribution is -1.98. The summed E-state index contributed by atoms with van der Waals surface area (Å²) in [5.74, 6) is 0.669. The first-order valence-electron chi connectivity index (χ1n) is 5.39. The van der Waals surface area contributed by atoms with E-state index in [2.05, 4.69) is 0 Å². The second-order valence-electron chi connectivity index (χ2n) is 3.92. The molecule has 0 amide bonds. The zero-order chi connectivity index (χ0) is 12.4. The molecule has 0 radical (unpaired) electrons. The van der Waals surface area contributed by atoms with E-state index in [1.165, 1.54) is 0 Å². The van der Waals surface area contributed by atoms with Crippen molar-refractivity contribution in [1.82, 2.24) is 0 Å². The molecule has 2 rings (SSSR count). The van der Waals surface area contributed by atoms with Crippen LogP contribution in [0.1, 0.15) is 17.7 Å². The van der Waals surface area contributed by atoms with E-state index in [1.807, 2.05) is 25.1 Å². The molecule has 0 spiro atoms. The van der Waals surface area contributed by atoms with Gasteiger partial charge in [-0.3, -0.25) is 4.79 Å². The normalized spacial score (nSPS) is 10.7. The highest BCUT2D eigenvalue weighted by Crippen LogP contribution is 2.31. The van der Waals surface area contributed by atoms with E-state index >= 15 is 0 Å². The number of aliphatic carboxylic acids is 1. The predicted molar refractivity (Wildman–Crippen MR) is 63.5 cm³/mol. The number of furan rings is 1. The van der Waals surface area contributed by atoms with Gasteiger partial charge in [0, 0.05) is 11.8 Å². The average molecular weight is 234 g/mol. The van der Waals surface area contributed by atoms with Gasteiger partial charge in [-0.1, -0.05) is 6.07 Å². The van der Waals surface area contributed by atoms with E-state index < -0.39 is 5.97 Å². The number of carboxylic acids is 1. The molecule has 17 heavy (non-hydrogen) atoms. The molecule has 4 heteroatoms. The summed E-state index contributed by atoms with van der Waals surface area (Å²) < 4.78 is 10.8. The lowest BCUT2D eigenvalue weighted by atomic mass is 10.0. The van der Waals surface area contributed by atoms with Crippen LogP contribution < -0.4 is 4.74 Å². The Bertz CT molecular complexity index is 554. The molecule has 1 N–H and O–H groups in total. The first-order chi connectivity index (χ1) is 8.11. The summed E-state index contributed by atoms with van der Waals surface area (Å²) in [7, 11) is 1.59. The van der Waals surface area contributed by atoms with Crippen molar-refractivity contribution in [1.29, 1.82) is 0 Å². The zero-order valence-electron chi connectivity index (χ0n) is 9.82. The van der Waals surface area contributed by atoms with Crippen LogP contribution in [0.4, 0.5) is 0 Å². The van der Waals surface area contributed by atoms with E-state index in [9.17, 15) is 4.79 Å². The Balaban J connectivity index is 2.46. The van der Waals surface area contributed by atoms with Gasteiger partial charge >= 0.3 is 5.97 Å². The van der Waals surface area contributed by atoms with Crippen LogP contribution in [0.5, 0.6) is 5.75 Å². The van der Waals surface area contributed by atoms with Crippen LogP contribution in [0.2, 0.25) is 0 Å². The second-order valence-corrected chi connectivity index (χ2v) is 3.92. The largest absolute Gasteiger partial charge is 0.493 e. The van der Waals surface area contributed by atoms with Crippen LogP contribution in [-0.4, -0.2) is 18.2 Å². The molecule has 0 saturated heterocycles. The van der Waals surface area contributed by atoms with Crippen molar-refractivity contribution in [3.05, 3.63) is 29.5 Å². The van der Waals surface area contributed by atoms with Crippen LogP contribution in [0.25, 0.3) is 11.0 Å². The molecule has 2 aromatic rings. The summed E-state index contributed by atoms with van der Waals surface area (Å²) in [5.41, 5.74) is 1.66. The van der Waals surface area contributed by atoms with Gasteiger partial charge in [0.15, 0.2) is 11.3 Å². The fraction of sp³-hybridized carbons (Fsp3) is 0.308.